The van der Waals surface area contributed by atoms with Crippen LogP contribution < -0.4 is 4.90 Å². The SMILES string of the molecule is COC(=O)c1ccc(N2C[C@@H]3[C@H](CO)[C@H]4CN(Cc5nccn5C)C[C@]3(C2)O4)nc1. The largest absolute Gasteiger partial charge is 0.465 e. The van der Waals surface area contributed by atoms with Crippen molar-refractivity contribution in [1.29, 1.82) is 0 Å². The van der Waals surface area contributed by atoms with E-state index < -0.39 is 5.97 Å². The third-order valence-electron chi connectivity index (χ3n) is 6.85. The summed E-state index contributed by atoms with van der Waals surface area (Å²) >= 11 is 0. The molecule has 5 rings (SSSR count). The number of aliphatic hydroxyl groups excluding tert-OH is 1. The first-order chi connectivity index (χ1) is 14.5. The van der Waals surface area contributed by atoms with Gasteiger partial charge in [0.2, 0.25) is 0 Å². The summed E-state index contributed by atoms with van der Waals surface area (Å²) in [5.74, 6) is 1.79. The highest BCUT2D eigenvalue weighted by molar-refractivity contribution is 5.89. The Labute approximate surface area is 175 Å². The number of aliphatic hydroxyl groups is 1. The average molecular weight is 413 g/mol. The molecule has 9 heteroatoms. The smallest absolute Gasteiger partial charge is 0.339 e. The molecular weight excluding hydrogens is 386 g/mol. The Morgan fingerprint density at radius 1 is 1.33 bits per heavy atom. The van der Waals surface area contributed by atoms with Gasteiger partial charge in [-0.2, -0.15) is 0 Å². The van der Waals surface area contributed by atoms with Gasteiger partial charge in [0.25, 0.3) is 0 Å². The Morgan fingerprint density at radius 3 is 2.87 bits per heavy atom. The second-order valence-electron chi connectivity index (χ2n) is 8.58. The number of likely N-dealkylation sites (tertiary alicyclic amines) is 1. The summed E-state index contributed by atoms with van der Waals surface area (Å²) in [6.45, 7) is 3.99. The first-order valence-electron chi connectivity index (χ1n) is 10.3. The molecule has 0 amide bonds. The number of ether oxygens (including phenoxy) is 2. The Bertz CT molecular complexity index is 932. The minimum absolute atomic E-state index is 0.0332. The number of hydrogen-bond acceptors (Lipinski definition) is 8. The lowest BCUT2D eigenvalue weighted by Gasteiger charge is -2.40. The van der Waals surface area contributed by atoms with E-state index in [9.17, 15) is 9.90 Å². The number of pyridine rings is 1. The summed E-state index contributed by atoms with van der Waals surface area (Å²) in [4.78, 5) is 25.2. The minimum atomic E-state index is -0.394. The molecule has 0 aromatic carbocycles. The fourth-order valence-electron chi connectivity index (χ4n) is 5.38. The van der Waals surface area contributed by atoms with E-state index in [1.54, 1.807) is 12.3 Å². The highest BCUT2D eigenvalue weighted by Gasteiger charge is 2.62. The molecule has 160 valence electrons. The molecule has 2 aromatic heterocycles. The number of carbonyl (C=O) groups is 1. The zero-order valence-corrected chi connectivity index (χ0v) is 17.3. The van der Waals surface area contributed by atoms with Crippen molar-refractivity contribution >= 4 is 11.8 Å². The van der Waals surface area contributed by atoms with Gasteiger partial charge in [0.05, 0.1) is 31.9 Å². The van der Waals surface area contributed by atoms with E-state index in [0.717, 1.165) is 37.8 Å². The lowest BCUT2D eigenvalue weighted by Crippen LogP contribution is -2.53. The van der Waals surface area contributed by atoms with E-state index >= 15 is 0 Å². The van der Waals surface area contributed by atoms with Crippen LogP contribution in [-0.2, 0) is 23.1 Å². The van der Waals surface area contributed by atoms with Crippen LogP contribution in [-0.4, -0.2) is 82.1 Å². The summed E-state index contributed by atoms with van der Waals surface area (Å²) in [5, 5.41) is 10.1. The number of aryl methyl sites for hydroxylation is 1. The fraction of sp³-hybridized carbons (Fsp3) is 0.571. The number of nitrogens with zero attached hydrogens (tertiary/aromatic N) is 5. The molecule has 0 unspecified atom stereocenters. The van der Waals surface area contributed by atoms with Crippen molar-refractivity contribution in [3.05, 3.63) is 42.1 Å². The molecule has 3 saturated heterocycles. The summed E-state index contributed by atoms with van der Waals surface area (Å²) in [6.07, 6.45) is 5.37. The third-order valence-corrected chi connectivity index (χ3v) is 6.85. The monoisotopic (exact) mass is 413 g/mol. The van der Waals surface area contributed by atoms with Crippen molar-refractivity contribution in [3.8, 4) is 0 Å². The van der Waals surface area contributed by atoms with Gasteiger partial charge in [-0.25, -0.2) is 14.8 Å². The number of carbonyl (C=O) groups excluding carboxylic acids is 1. The van der Waals surface area contributed by atoms with Crippen molar-refractivity contribution in [3.63, 3.8) is 0 Å². The molecule has 3 fully saturated rings. The Balaban J connectivity index is 1.37. The van der Waals surface area contributed by atoms with Gasteiger partial charge in [-0.05, 0) is 12.1 Å². The van der Waals surface area contributed by atoms with Gasteiger partial charge < -0.3 is 24.0 Å². The van der Waals surface area contributed by atoms with Crippen molar-refractivity contribution in [2.24, 2.45) is 18.9 Å². The van der Waals surface area contributed by atoms with Gasteiger partial charge in [-0.3, -0.25) is 4.90 Å². The van der Waals surface area contributed by atoms with Crippen molar-refractivity contribution in [1.82, 2.24) is 19.4 Å². The van der Waals surface area contributed by atoms with Crippen LogP contribution in [0.5, 0.6) is 0 Å². The van der Waals surface area contributed by atoms with E-state index in [-0.39, 0.29) is 30.1 Å². The number of fused-ring (bicyclic) bond motifs is 1. The van der Waals surface area contributed by atoms with Gasteiger partial charge in [0, 0.05) is 63.7 Å². The second-order valence-corrected chi connectivity index (χ2v) is 8.58. The number of aromatic nitrogens is 3. The van der Waals surface area contributed by atoms with Crippen LogP contribution in [0.4, 0.5) is 5.82 Å². The summed E-state index contributed by atoms with van der Waals surface area (Å²) in [6, 6.07) is 3.59. The Kier molecular flexibility index (Phi) is 4.76. The van der Waals surface area contributed by atoms with Crippen LogP contribution in [0.1, 0.15) is 16.2 Å². The molecule has 5 heterocycles. The molecule has 0 radical (unpaired) electrons. The number of morpholine rings is 1. The zero-order chi connectivity index (χ0) is 20.9. The van der Waals surface area contributed by atoms with Gasteiger partial charge in [-0.15, -0.1) is 0 Å². The Morgan fingerprint density at radius 2 is 2.20 bits per heavy atom. The molecule has 30 heavy (non-hydrogen) atoms. The van der Waals surface area contributed by atoms with Gasteiger partial charge in [-0.1, -0.05) is 0 Å². The van der Waals surface area contributed by atoms with E-state index in [1.165, 1.54) is 7.11 Å². The van der Waals surface area contributed by atoms with Crippen LogP contribution in [0.15, 0.2) is 30.7 Å². The van der Waals surface area contributed by atoms with Crippen LogP contribution in [0.3, 0.4) is 0 Å². The molecule has 4 atom stereocenters. The lowest BCUT2D eigenvalue weighted by atomic mass is 9.83. The predicted octanol–water partition coefficient (Wildman–Crippen LogP) is 0.300. The van der Waals surface area contributed by atoms with E-state index in [4.69, 9.17) is 9.47 Å². The first kappa shape index (κ1) is 19.5. The number of anilines is 1. The molecule has 3 aliphatic rings. The van der Waals surface area contributed by atoms with Crippen molar-refractivity contribution in [2.45, 2.75) is 18.2 Å². The molecule has 1 spiro atoms. The summed E-state index contributed by atoms with van der Waals surface area (Å²) < 4.78 is 13.4. The number of imidazole rings is 1. The normalized spacial score (nSPS) is 30.5. The van der Waals surface area contributed by atoms with E-state index in [0.29, 0.717) is 12.1 Å². The molecule has 9 nitrogen and oxygen atoms in total. The first-order valence-corrected chi connectivity index (χ1v) is 10.3. The second kappa shape index (κ2) is 7.33. The molecule has 3 aliphatic heterocycles. The maximum Gasteiger partial charge on any atom is 0.339 e. The summed E-state index contributed by atoms with van der Waals surface area (Å²) in [7, 11) is 3.37. The lowest BCUT2D eigenvalue weighted by molar-refractivity contribution is -0.113. The predicted molar refractivity (Wildman–Crippen MR) is 108 cm³/mol. The Hall–Kier alpha value is -2.49. The standard InChI is InChI=1S/C21H27N5O4/c1-24-6-5-22-19(24)10-25-9-17-15(11-27)16-8-26(13-21(16,12-25)30-17)18-4-3-14(7-23-18)20(28)29-2/h3-7,15-17,27H,8-13H2,1-2H3/t15-,16+,17+,21+/m0/s1. The topological polar surface area (TPSA) is 93.0 Å². The summed E-state index contributed by atoms with van der Waals surface area (Å²) in [5.41, 5.74) is 0.103. The van der Waals surface area contributed by atoms with E-state index in [1.807, 2.05) is 30.1 Å². The van der Waals surface area contributed by atoms with Crippen LogP contribution in [0, 0.1) is 11.8 Å². The number of rotatable bonds is 5. The highest BCUT2D eigenvalue weighted by Crippen LogP contribution is 2.49. The quantitative estimate of drug-likeness (QED) is 0.700. The molecule has 1 N–H and O–H groups in total. The maximum atomic E-state index is 11.7. The van der Waals surface area contributed by atoms with Gasteiger partial charge >= 0.3 is 5.97 Å². The number of esters is 1. The maximum absolute atomic E-state index is 11.7. The van der Waals surface area contributed by atoms with Crippen LogP contribution in [0.25, 0.3) is 0 Å². The van der Waals surface area contributed by atoms with E-state index in [2.05, 4.69) is 19.8 Å². The molecule has 0 aliphatic carbocycles. The minimum Gasteiger partial charge on any atom is -0.465 e. The van der Waals surface area contributed by atoms with Crippen LogP contribution >= 0.6 is 0 Å². The van der Waals surface area contributed by atoms with Crippen LogP contribution in [0.2, 0.25) is 0 Å². The number of hydrogen-bond donors (Lipinski definition) is 1. The highest BCUT2D eigenvalue weighted by atomic mass is 16.5. The number of methoxy groups -OCH3 is 1. The average Bonchev–Trinajstić information content (AvgIpc) is 3.37. The molecule has 2 aromatic rings. The fourth-order valence-corrected chi connectivity index (χ4v) is 5.38. The van der Waals surface area contributed by atoms with Gasteiger partial charge in [0.15, 0.2) is 0 Å². The van der Waals surface area contributed by atoms with Crippen molar-refractivity contribution < 1.29 is 19.4 Å². The zero-order valence-electron chi connectivity index (χ0n) is 17.3. The molecular formula is C21H27N5O4. The third kappa shape index (κ3) is 3.08. The van der Waals surface area contributed by atoms with Gasteiger partial charge in [0.1, 0.15) is 17.2 Å². The molecule has 2 bridgehead atoms. The molecule has 0 saturated carbocycles. The van der Waals surface area contributed by atoms with Crippen molar-refractivity contribution in [2.75, 3.05) is 44.8 Å².